The molecule has 0 aliphatic carbocycles. The molecule has 1 aromatic heterocycles. The molecule has 0 atom stereocenters. The molecule has 21 heavy (non-hydrogen) atoms. The van der Waals surface area contributed by atoms with Crippen LogP contribution < -0.4 is 4.74 Å². The fourth-order valence-electron chi connectivity index (χ4n) is 1.81. The molecule has 0 aliphatic heterocycles. The van der Waals surface area contributed by atoms with Gasteiger partial charge in [-0.05, 0) is 37.0 Å². The molecule has 2 aromatic rings. The van der Waals surface area contributed by atoms with Crippen LogP contribution in [0.25, 0.3) is 0 Å². The first-order valence-corrected chi connectivity index (χ1v) is 7.65. The maximum absolute atomic E-state index is 12.3. The lowest BCUT2D eigenvalue weighted by atomic mass is 10.2. The van der Waals surface area contributed by atoms with Gasteiger partial charge in [-0.25, -0.2) is 0 Å². The predicted molar refractivity (Wildman–Crippen MR) is 82.9 cm³/mol. The third-order valence-electron chi connectivity index (χ3n) is 3.15. The van der Waals surface area contributed by atoms with Crippen molar-refractivity contribution in [1.29, 1.82) is 0 Å². The minimum absolute atomic E-state index is 0.0469. The summed E-state index contributed by atoms with van der Waals surface area (Å²) in [6.45, 7) is 4.98. The molecule has 0 aliphatic rings. The highest BCUT2D eigenvalue weighted by molar-refractivity contribution is 7.07. The number of likely N-dealkylation sites (N-methyl/N-ethyl adjacent to an activating group) is 1. The van der Waals surface area contributed by atoms with E-state index >= 15 is 0 Å². The number of hydrogen-bond acceptors (Lipinski definition) is 5. The fraction of sp³-hybridized carbons (Fsp3) is 0.400. The van der Waals surface area contributed by atoms with Gasteiger partial charge >= 0.3 is 0 Å². The topological polar surface area (TPSA) is 55.3 Å². The first-order chi connectivity index (χ1) is 10.1. The molecule has 0 bridgehead atoms. The lowest BCUT2D eigenvalue weighted by Gasteiger charge is -2.16. The zero-order valence-electron chi connectivity index (χ0n) is 12.5. The van der Waals surface area contributed by atoms with Gasteiger partial charge in [-0.2, -0.15) is 0 Å². The molecule has 6 heteroatoms. The molecule has 1 aromatic carbocycles. The number of aromatic nitrogens is 2. The van der Waals surface area contributed by atoms with Gasteiger partial charge in [-0.15, -0.1) is 5.10 Å². The Morgan fingerprint density at radius 1 is 1.33 bits per heavy atom. The highest BCUT2D eigenvalue weighted by atomic mass is 32.1. The number of hydrogen-bond donors (Lipinski definition) is 0. The van der Waals surface area contributed by atoms with Crippen molar-refractivity contribution >= 4 is 17.4 Å². The van der Waals surface area contributed by atoms with Crippen molar-refractivity contribution in [3.05, 3.63) is 40.4 Å². The minimum Gasteiger partial charge on any atom is -0.492 e. The molecule has 0 N–H and O–H groups in total. The van der Waals surface area contributed by atoms with Crippen LogP contribution in [-0.2, 0) is 6.42 Å². The van der Waals surface area contributed by atoms with E-state index in [0.717, 1.165) is 23.0 Å². The van der Waals surface area contributed by atoms with E-state index in [1.165, 1.54) is 5.56 Å². The zero-order valence-corrected chi connectivity index (χ0v) is 13.3. The molecule has 0 spiro atoms. The molecule has 2 rings (SSSR count). The summed E-state index contributed by atoms with van der Waals surface area (Å²) in [6, 6.07) is 7.86. The van der Waals surface area contributed by atoms with Crippen molar-refractivity contribution in [2.24, 2.45) is 0 Å². The summed E-state index contributed by atoms with van der Waals surface area (Å²) < 4.78 is 9.48. The molecule has 0 saturated carbocycles. The molecule has 1 amide bonds. The van der Waals surface area contributed by atoms with E-state index in [2.05, 4.69) is 9.59 Å². The molecule has 5 nitrogen and oxygen atoms in total. The number of aryl methyl sites for hydroxylation is 2. The van der Waals surface area contributed by atoms with Crippen LogP contribution in [0.15, 0.2) is 24.3 Å². The summed E-state index contributed by atoms with van der Waals surface area (Å²) in [7, 11) is 1.76. The van der Waals surface area contributed by atoms with Crippen LogP contribution in [0.4, 0.5) is 0 Å². The average molecular weight is 305 g/mol. The van der Waals surface area contributed by atoms with E-state index in [4.69, 9.17) is 4.74 Å². The average Bonchev–Trinajstić information content (AvgIpc) is 2.96. The Morgan fingerprint density at radius 3 is 2.71 bits per heavy atom. The maximum atomic E-state index is 12.3. The lowest BCUT2D eigenvalue weighted by molar-refractivity contribution is 0.0777. The van der Waals surface area contributed by atoms with E-state index in [9.17, 15) is 4.79 Å². The van der Waals surface area contributed by atoms with Gasteiger partial charge in [-0.1, -0.05) is 29.1 Å². The van der Waals surface area contributed by atoms with E-state index in [-0.39, 0.29) is 5.91 Å². The SMILES string of the molecule is CCc1nnsc1C(=O)N(C)CCOc1ccc(C)cc1. The van der Waals surface area contributed by atoms with Crippen LogP contribution in [0.1, 0.15) is 27.9 Å². The number of nitrogens with zero attached hydrogens (tertiary/aromatic N) is 3. The number of carbonyl (C=O) groups is 1. The summed E-state index contributed by atoms with van der Waals surface area (Å²) in [5, 5.41) is 3.96. The first kappa shape index (κ1) is 15.4. The highest BCUT2D eigenvalue weighted by Gasteiger charge is 2.18. The van der Waals surface area contributed by atoms with Crippen molar-refractivity contribution in [3.63, 3.8) is 0 Å². The quantitative estimate of drug-likeness (QED) is 0.823. The van der Waals surface area contributed by atoms with Gasteiger partial charge in [0, 0.05) is 7.05 Å². The maximum Gasteiger partial charge on any atom is 0.267 e. The highest BCUT2D eigenvalue weighted by Crippen LogP contribution is 2.14. The smallest absolute Gasteiger partial charge is 0.267 e. The van der Waals surface area contributed by atoms with E-state index in [1.807, 2.05) is 38.1 Å². The Bertz CT molecular complexity index is 595. The minimum atomic E-state index is -0.0469. The number of ether oxygens (including phenoxy) is 1. The Hall–Kier alpha value is -1.95. The number of benzene rings is 1. The van der Waals surface area contributed by atoms with E-state index < -0.39 is 0 Å². The van der Waals surface area contributed by atoms with Gasteiger partial charge in [0.25, 0.3) is 5.91 Å². The van der Waals surface area contributed by atoms with Gasteiger partial charge in [-0.3, -0.25) is 4.79 Å². The Balaban J connectivity index is 1.85. The van der Waals surface area contributed by atoms with Gasteiger partial charge in [0.15, 0.2) is 0 Å². The molecular formula is C15H19N3O2S. The van der Waals surface area contributed by atoms with Gasteiger partial charge in [0.2, 0.25) is 0 Å². The van der Waals surface area contributed by atoms with E-state index in [1.54, 1.807) is 11.9 Å². The summed E-state index contributed by atoms with van der Waals surface area (Å²) in [4.78, 5) is 14.5. The summed E-state index contributed by atoms with van der Waals surface area (Å²) in [5.74, 6) is 0.768. The predicted octanol–water partition coefficient (Wildman–Crippen LogP) is 2.56. The Labute approximate surface area is 128 Å². The molecule has 0 radical (unpaired) electrons. The molecule has 1 heterocycles. The summed E-state index contributed by atoms with van der Waals surface area (Å²) in [5.41, 5.74) is 1.95. The molecule has 0 saturated heterocycles. The van der Waals surface area contributed by atoms with Crippen molar-refractivity contribution in [3.8, 4) is 5.75 Å². The van der Waals surface area contributed by atoms with Gasteiger partial charge in [0.05, 0.1) is 12.2 Å². The van der Waals surface area contributed by atoms with Crippen LogP contribution in [0, 0.1) is 6.92 Å². The fourth-order valence-corrected chi connectivity index (χ4v) is 2.56. The van der Waals surface area contributed by atoms with Gasteiger partial charge in [0.1, 0.15) is 17.2 Å². The number of rotatable bonds is 6. The lowest BCUT2D eigenvalue weighted by Crippen LogP contribution is -2.30. The molecule has 112 valence electrons. The Morgan fingerprint density at radius 2 is 2.05 bits per heavy atom. The van der Waals surface area contributed by atoms with E-state index in [0.29, 0.717) is 24.4 Å². The number of carbonyl (C=O) groups excluding carboxylic acids is 1. The number of amides is 1. The third-order valence-corrected chi connectivity index (χ3v) is 3.90. The second-order valence-electron chi connectivity index (χ2n) is 4.79. The molecular weight excluding hydrogens is 286 g/mol. The van der Waals surface area contributed by atoms with Crippen LogP contribution in [-0.4, -0.2) is 40.6 Å². The molecule has 0 unspecified atom stereocenters. The van der Waals surface area contributed by atoms with Crippen molar-refractivity contribution < 1.29 is 9.53 Å². The van der Waals surface area contributed by atoms with Crippen molar-refractivity contribution in [1.82, 2.24) is 14.5 Å². The molecule has 0 fully saturated rings. The van der Waals surface area contributed by atoms with Crippen LogP contribution >= 0.6 is 11.5 Å². The van der Waals surface area contributed by atoms with Crippen LogP contribution in [0.5, 0.6) is 5.75 Å². The summed E-state index contributed by atoms with van der Waals surface area (Å²) in [6.07, 6.45) is 0.714. The van der Waals surface area contributed by atoms with Crippen molar-refractivity contribution in [2.75, 3.05) is 20.2 Å². The first-order valence-electron chi connectivity index (χ1n) is 6.88. The largest absolute Gasteiger partial charge is 0.492 e. The summed E-state index contributed by atoms with van der Waals surface area (Å²) >= 11 is 1.15. The normalized spacial score (nSPS) is 10.4. The monoisotopic (exact) mass is 305 g/mol. The van der Waals surface area contributed by atoms with Crippen LogP contribution in [0.2, 0.25) is 0 Å². The van der Waals surface area contributed by atoms with Crippen molar-refractivity contribution in [2.45, 2.75) is 20.3 Å². The third kappa shape index (κ3) is 4.01. The van der Waals surface area contributed by atoms with Crippen LogP contribution in [0.3, 0.4) is 0 Å². The van der Waals surface area contributed by atoms with Gasteiger partial charge < -0.3 is 9.64 Å². The standard InChI is InChI=1S/C15H19N3O2S/c1-4-13-14(21-17-16-13)15(19)18(3)9-10-20-12-7-5-11(2)6-8-12/h5-8H,4,9-10H2,1-3H3. The second-order valence-corrected chi connectivity index (χ2v) is 5.54. The Kier molecular flexibility index (Phi) is 5.27. The zero-order chi connectivity index (χ0) is 15.2. The second kappa shape index (κ2) is 7.17.